The molecule has 1 aromatic carbocycles. The van der Waals surface area contributed by atoms with E-state index in [0.29, 0.717) is 37.8 Å². The molecule has 0 aliphatic carbocycles. The highest BCUT2D eigenvalue weighted by molar-refractivity contribution is 5.94. The molecular weight excluding hydrogens is 378 g/mol. The first kappa shape index (κ1) is 18.7. The Balaban J connectivity index is 1.35. The van der Waals surface area contributed by atoms with Gasteiger partial charge in [-0.15, -0.1) is 10.2 Å². The highest BCUT2D eigenvalue weighted by Gasteiger charge is 2.23. The van der Waals surface area contributed by atoms with Crippen LogP contribution in [0.5, 0.6) is 0 Å². The number of hydrogen-bond donors (Lipinski definition) is 1. The standard InChI is InChI=1S/C20H18F2N6O/c21-16-4-3-14(12-17(16)22)20(29)28-10-8-27(9-11-28)19-6-5-18(25-26-19)24-15-2-1-7-23-13-15/h1-7,12-13H,8-11H2,(H,24,25). The van der Waals surface area contributed by atoms with Gasteiger partial charge in [-0.25, -0.2) is 8.78 Å². The Morgan fingerprint density at radius 3 is 2.45 bits per heavy atom. The molecule has 1 N–H and O–H groups in total. The summed E-state index contributed by atoms with van der Waals surface area (Å²) in [7, 11) is 0. The fraction of sp³-hybridized carbons (Fsp3) is 0.200. The van der Waals surface area contributed by atoms with Crippen molar-refractivity contribution in [1.29, 1.82) is 0 Å². The first-order valence-corrected chi connectivity index (χ1v) is 9.10. The maximum absolute atomic E-state index is 13.4. The van der Waals surface area contributed by atoms with E-state index in [2.05, 4.69) is 20.5 Å². The molecule has 1 aliphatic rings. The van der Waals surface area contributed by atoms with E-state index in [-0.39, 0.29) is 11.5 Å². The van der Waals surface area contributed by atoms with Gasteiger partial charge in [0, 0.05) is 37.9 Å². The van der Waals surface area contributed by atoms with Crippen LogP contribution in [0.3, 0.4) is 0 Å². The number of aromatic nitrogens is 3. The van der Waals surface area contributed by atoms with Crippen LogP contribution in [0.25, 0.3) is 0 Å². The van der Waals surface area contributed by atoms with E-state index in [1.54, 1.807) is 17.3 Å². The maximum Gasteiger partial charge on any atom is 0.254 e. The van der Waals surface area contributed by atoms with Crippen molar-refractivity contribution in [2.45, 2.75) is 0 Å². The van der Waals surface area contributed by atoms with Crippen LogP contribution >= 0.6 is 0 Å². The second-order valence-corrected chi connectivity index (χ2v) is 6.55. The molecule has 1 saturated heterocycles. The van der Waals surface area contributed by atoms with E-state index in [9.17, 15) is 13.6 Å². The number of nitrogens with one attached hydrogen (secondary N) is 1. The molecular formula is C20H18F2N6O. The predicted molar refractivity (Wildman–Crippen MR) is 104 cm³/mol. The summed E-state index contributed by atoms with van der Waals surface area (Å²) in [6, 6.07) is 10.6. The number of halogens is 2. The number of anilines is 3. The fourth-order valence-electron chi connectivity index (χ4n) is 3.10. The molecule has 1 aliphatic heterocycles. The van der Waals surface area contributed by atoms with Crippen LogP contribution in [0.15, 0.2) is 54.9 Å². The smallest absolute Gasteiger partial charge is 0.254 e. The summed E-state index contributed by atoms with van der Waals surface area (Å²) in [5, 5.41) is 11.5. The van der Waals surface area contributed by atoms with Crippen LogP contribution < -0.4 is 10.2 Å². The fourth-order valence-corrected chi connectivity index (χ4v) is 3.10. The van der Waals surface area contributed by atoms with Crippen molar-refractivity contribution < 1.29 is 13.6 Å². The second kappa shape index (κ2) is 8.17. The van der Waals surface area contributed by atoms with Gasteiger partial charge >= 0.3 is 0 Å². The number of amides is 1. The Bertz CT molecular complexity index is 992. The zero-order chi connectivity index (χ0) is 20.2. The molecule has 9 heteroatoms. The zero-order valence-electron chi connectivity index (χ0n) is 15.4. The molecule has 4 rings (SSSR count). The molecule has 2 aromatic heterocycles. The van der Waals surface area contributed by atoms with E-state index in [1.165, 1.54) is 6.07 Å². The SMILES string of the molecule is O=C(c1ccc(F)c(F)c1)N1CCN(c2ccc(Nc3cccnc3)nn2)CC1. The number of nitrogens with zero attached hydrogens (tertiary/aromatic N) is 5. The zero-order valence-corrected chi connectivity index (χ0v) is 15.4. The lowest BCUT2D eigenvalue weighted by Gasteiger charge is -2.35. The Morgan fingerprint density at radius 2 is 1.79 bits per heavy atom. The van der Waals surface area contributed by atoms with Crippen molar-refractivity contribution in [3.05, 3.63) is 72.1 Å². The summed E-state index contributed by atoms with van der Waals surface area (Å²) in [6.45, 7) is 2.04. The molecule has 7 nitrogen and oxygen atoms in total. The molecule has 0 bridgehead atoms. The minimum atomic E-state index is -1.02. The summed E-state index contributed by atoms with van der Waals surface area (Å²) in [6.07, 6.45) is 3.38. The summed E-state index contributed by atoms with van der Waals surface area (Å²) < 4.78 is 26.4. The molecule has 1 fully saturated rings. The van der Waals surface area contributed by atoms with Gasteiger partial charge in [-0.3, -0.25) is 9.78 Å². The molecule has 0 saturated carbocycles. The third-order valence-corrected chi connectivity index (χ3v) is 4.64. The lowest BCUT2D eigenvalue weighted by Crippen LogP contribution is -2.49. The lowest BCUT2D eigenvalue weighted by atomic mass is 10.1. The topological polar surface area (TPSA) is 74.2 Å². The van der Waals surface area contributed by atoms with Crippen molar-refractivity contribution in [1.82, 2.24) is 20.1 Å². The summed E-state index contributed by atoms with van der Waals surface area (Å²) in [5.74, 6) is -0.989. The van der Waals surface area contributed by atoms with Gasteiger partial charge in [0.05, 0.1) is 11.9 Å². The normalized spacial score (nSPS) is 14.0. The third-order valence-electron chi connectivity index (χ3n) is 4.64. The van der Waals surface area contributed by atoms with Crippen LogP contribution in [0.4, 0.5) is 26.1 Å². The molecule has 0 atom stereocenters. The number of carbonyl (C=O) groups is 1. The number of piperazine rings is 1. The van der Waals surface area contributed by atoms with E-state index < -0.39 is 11.6 Å². The summed E-state index contributed by atoms with van der Waals surface area (Å²) >= 11 is 0. The molecule has 1 amide bonds. The van der Waals surface area contributed by atoms with Crippen molar-refractivity contribution in [2.75, 3.05) is 36.4 Å². The summed E-state index contributed by atoms with van der Waals surface area (Å²) in [5.41, 5.74) is 0.960. The molecule has 3 heterocycles. The Labute approximate surface area is 166 Å². The highest BCUT2D eigenvalue weighted by atomic mass is 19.2. The van der Waals surface area contributed by atoms with Crippen molar-refractivity contribution in [3.8, 4) is 0 Å². The first-order chi connectivity index (χ1) is 14.1. The number of carbonyl (C=O) groups excluding carboxylic acids is 1. The van der Waals surface area contributed by atoms with Gasteiger partial charge in [0.25, 0.3) is 5.91 Å². The van der Waals surface area contributed by atoms with E-state index in [1.807, 2.05) is 29.2 Å². The van der Waals surface area contributed by atoms with Crippen molar-refractivity contribution in [2.24, 2.45) is 0 Å². The number of pyridine rings is 1. The van der Waals surface area contributed by atoms with Gasteiger partial charge in [-0.1, -0.05) is 0 Å². The molecule has 0 unspecified atom stereocenters. The van der Waals surface area contributed by atoms with E-state index in [0.717, 1.165) is 17.8 Å². The van der Waals surface area contributed by atoms with E-state index >= 15 is 0 Å². The summed E-state index contributed by atoms with van der Waals surface area (Å²) in [4.78, 5) is 20.2. The Kier molecular flexibility index (Phi) is 5.28. The monoisotopic (exact) mass is 396 g/mol. The molecule has 0 spiro atoms. The van der Waals surface area contributed by atoms with Gasteiger partial charge in [0.2, 0.25) is 0 Å². The van der Waals surface area contributed by atoms with Crippen LogP contribution in [-0.2, 0) is 0 Å². The van der Waals surface area contributed by atoms with Gasteiger partial charge in [0.15, 0.2) is 23.3 Å². The van der Waals surface area contributed by atoms with Gasteiger partial charge < -0.3 is 15.1 Å². The van der Waals surface area contributed by atoms with Crippen LogP contribution in [0.2, 0.25) is 0 Å². The van der Waals surface area contributed by atoms with Crippen LogP contribution in [0, 0.1) is 11.6 Å². The lowest BCUT2D eigenvalue weighted by molar-refractivity contribution is 0.0746. The Hall–Kier alpha value is -3.62. The average Bonchev–Trinajstić information content (AvgIpc) is 2.77. The molecule has 148 valence electrons. The van der Waals surface area contributed by atoms with Gasteiger partial charge in [-0.2, -0.15) is 0 Å². The van der Waals surface area contributed by atoms with Crippen molar-refractivity contribution in [3.63, 3.8) is 0 Å². The second-order valence-electron chi connectivity index (χ2n) is 6.55. The molecule has 3 aromatic rings. The molecule has 0 radical (unpaired) electrons. The van der Waals surface area contributed by atoms with Gasteiger partial charge in [0.1, 0.15) is 0 Å². The minimum absolute atomic E-state index is 0.142. The Morgan fingerprint density at radius 1 is 0.966 bits per heavy atom. The third kappa shape index (κ3) is 4.29. The number of benzene rings is 1. The minimum Gasteiger partial charge on any atom is -0.352 e. The quantitative estimate of drug-likeness (QED) is 0.731. The first-order valence-electron chi connectivity index (χ1n) is 9.10. The average molecular weight is 396 g/mol. The van der Waals surface area contributed by atoms with Crippen molar-refractivity contribution >= 4 is 23.2 Å². The van der Waals surface area contributed by atoms with E-state index in [4.69, 9.17) is 0 Å². The number of hydrogen-bond acceptors (Lipinski definition) is 6. The largest absolute Gasteiger partial charge is 0.352 e. The predicted octanol–water partition coefficient (Wildman–Crippen LogP) is 2.86. The maximum atomic E-state index is 13.4. The highest BCUT2D eigenvalue weighted by Crippen LogP contribution is 2.18. The number of rotatable bonds is 4. The van der Waals surface area contributed by atoms with Crippen LogP contribution in [0.1, 0.15) is 10.4 Å². The van der Waals surface area contributed by atoms with Gasteiger partial charge in [-0.05, 0) is 42.5 Å². The molecule has 29 heavy (non-hydrogen) atoms. The van der Waals surface area contributed by atoms with Crippen LogP contribution in [-0.4, -0.2) is 52.2 Å².